The molecule has 23 heavy (non-hydrogen) atoms. The lowest BCUT2D eigenvalue weighted by atomic mass is 10.1. The van der Waals surface area contributed by atoms with Gasteiger partial charge in [0.05, 0.1) is 19.6 Å². The van der Waals surface area contributed by atoms with E-state index in [-0.39, 0.29) is 24.4 Å². The molecular formula is C17H24N2O4. The van der Waals surface area contributed by atoms with Crippen LogP contribution in [0, 0.1) is 0 Å². The van der Waals surface area contributed by atoms with Gasteiger partial charge in [0, 0.05) is 25.2 Å². The fraction of sp³-hybridized carbons (Fsp3) is 0.529. The van der Waals surface area contributed by atoms with Crippen molar-refractivity contribution in [2.24, 2.45) is 0 Å². The Hall–Kier alpha value is -2.08. The Morgan fingerprint density at radius 2 is 2.13 bits per heavy atom. The van der Waals surface area contributed by atoms with Crippen molar-refractivity contribution in [3.05, 3.63) is 29.8 Å². The Morgan fingerprint density at radius 3 is 2.83 bits per heavy atom. The average Bonchev–Trinajstić information content (AvgIpc) is 2.52. The molecule has 0 saturated carbocycles. The van der Waals surface area contributed by atoms with Crippen LogP contribution >= 0.6 is 0 Å². The molecule has 6 heteroatoms. The number of carbonyl (C=O) groups excluding carboxylic acids is 2. The van der Waals surface area contributed by atoms with Gasteiger partial charge in [-0.25, -0.2) is 0 Å². The molecule has 0 radical (unpaired) electrons. The number of rotatable bonds is 6. The summed E-state index contributed by atoms with van der Waals surface area (Å²) in [4.78, 5) is 25.7. The average molecular weight is 320 g/mol. The van der Waals surface area contributed by atoms with Crippen molar-refractivity contribution in [2.75, 3.05) is 20.2 Å². The molecule has 126 valence electrons. The minimum atomic E-state index is -0.511. The molecule has 0 aromatic heterocycles. The molecule has 1 heterocycles. The number of carbonyl (C=O) groups is 2. The molecule has 2 rings (SSSR count). The van der Waals surface area contributed by atoms with E-state index in [0.717, 1.165) is 11.3 Å². The van der Waals surface area contributed by atoms with Crippen LogP contribution in [0.1, 0.15) is 25.8 Å². The molecule has 0 aliphatic carbocycles. The van der Waals surface area contributed by atoms with E-state index in [1.165, 1.54) is 7.11 Å². The summed E-state index contributed by atoms with van der Waals surface area (Å²) >= 11 is 0. The molecule has 1 aromatic rings. The molecule has 1 fully saturated rings. The summed E-state index contributed by atoms with van der Waals surface area (Å²) in [6.07, 6.45) is 0.127. The molecule has 1 N–H and O–H groups in total. The van der Waals surface area contributed by atoms with Crippen molar-refractivity contribution < 1.29 is 19.1 Å². The normalized spacial score (nSPS) is 18.6. The van der Waals surface area contributed by atoms with Gasteiger partial charge in [-0.05, 0) is 19.9 Å². The van der Waals surface area contributed by atoms with Crippen LogP contribution < -0.4 is 10.1 Å². The van der Waals surface area contributed by atoms with Crippen molar-refractivity contribution in [2.45, 2.75) is 39.0 Å². The largest absolute Gasteiger partial charge is 0.491 e. The van der Waals surface area contributed by atoms with E-state index in [1.807, 2.05) is 43.0 Å². The third kappa shape index (κ3) is 4.69. The van der Waals surface area contributed by atoms with E-state index in [0.29, 0.717) is 19.6 Å². The van der Waals surface area contributed by atoms with Crippen LogP contribution in [0.5, 0.6) is 5.75 Å². The zero-order valence-corrected chi connectivity index (χ0v) is 13.9. The number of benzene rings is 1. The molecule has 1 aliphatic heterocycles. The van der Waals surface area contributed by atoms with Crippen molar-refractivity contribution in [1.82, 2.24) is 10.2 Å². The zero-order valence-electron chi connectivity index (χ0n) is 13.9. The maximum absolute atomic E-state index is 12.1. The summed E-state index contributed by atoms with van der Waals surface area (Å²) in [5.74, 6) is 0.290. The van der Waals surface area contributed by atoms with Gasteiger partial charge in [-0.3, -0.25) is 14.5 Å². The maximum atomic E-state index is 12.1. The van der Waals surface area contributed by atoms with Crippen LogP contribution in [0.4, 0.5) is 0 Å². The second kappa shape index (κ2) is 7.97. The molecule has 1 aliphatic rings. The summed E-state index contributed by atoms with van der Waals surface area (Å²) in [6, 6.07) is 7.27. The van der Waals surface area contributed by atoms with E-state index >= 15 is 0 Å². The predicted molar refractivity (Wildman–Crippen MR) is 86.0 cm³/mol. The van der Waals surface area contributed by atoms with Crippen molar-refractivity contribution in [3.8, 4) is 5.75 Å². The van der Waals surface area contributed by atoms with Gasteiger partial charge in [0.15, 0.2) is 0 Å². The topological polar surface area (TPSA) is 67.9 Å². The number of esters is 1. The maximum Gasteiger partial charge on any atom is 0.307 e. The van der Waals surface area contributed by atoms with Crippen LogP contribution in [-0.4, -0.2) is 49.1 Å². The Kier molecular flexibility index (Phi) is 5.98. The summed E-state index contributed by atoms with van der Waals surface area (Å²) in [5, 5.41) is 2.80. The lowest BCUT2D eigenvalue weighted by molar-refractivity contribution is -0.146. The Morgan fingerprint density at radius 1 is 1.39 bits per heavy atom. The third-order valence-corrected chi connectivity index (χ3v) is 3.74. The molecule has 1 unspecified atom stereocenters. The molecule has 1 saturated heterocycles. The highest BCUT2D eigenvalue weighted by Gasteiger charge is 2.32. The van der Waals surface area contributed by atoms with Gasteiger partial charge in [0.1, 0.15) is 11.8 Å². The Labute approximate surface area is 136 Å². The molecular weight excluding hydrogens is 296 g/mol. The quantitative estimate of drug-likeness (QED) is 0.801. The minimum Gasteiger partial charge on any atom is -0.491 e. The number of amides is 1. The van der Waals surface area contributed by atoms with Gasteiger partial charge in [-0.15, -0.1) is 0 Å². The number of hydrogen-bond acceptors (Lipinski definition) is 5. The smallest absolute Gasteiger partial charge is 0.307 e. The predicted octanol–water partition coefficient (Wildman–Crippen LogP) is 1.34. The Balaban J connectivity index is 2.16. The SMILES string of the molecule is COC(=O)CC1C(=O)NCCN1Cc1ccccc1OC(C)C. The van der Waals surface area contributed by atoms with Crippen LogP contribution in [0.2, 0.25) is 0 Å². The van der Waals surface area contributed by atoms with Crippen LogP contribution in [0.25, 0.3) is 0 Å². The number of methoxy groups -OCH3 is 1. The number of hydrogen-bond donors (Lipinski definition) is 1. The third-order valence-electron chi connectivity index (χ3n) is 3.74. The highest BCUT2D eigenvalue weighted by atomic mass is 16.5. The van der Waals surface area contributed by atoms with Crippen LogP contribution in [0.3, 0.4) is 0 Å². The van der Waals surface area contributed by atoms with Crippen molar-refractivity contribution in [1.29, 1.82) is 0 Å². The lowest BCUT2D eigenvalue weighted by Gasteiger charge is -2.34. The lowest BCUT2D eigenvalue weighted by Crippen LogP contribution is -2.55. The van der Waals surface area contributed by atoms with E-state index in [2.05, 4.69) is 5.32 Å². The molecule has 1 amide bonds. The standard InChI is InChI=1S/C17H24N2O4/c1-12(2)23-15-7-5-4-6-13(15)11-19-9-8-18-17(21)14(19)10-16(20)22-3/h4-7,12,14H,8-11H2,1-3H3,(H,18,21). The molecule has 1 aromatic carbocycles. The molecule has 0 bridgehead atoms. The van der Waals surface area contributed by atoms with Crippen LogP contribution in [-0.2, 0) is 20.9 Å². The monoisotopic (exact) mass is 320 g/mol. The first-order valence-corrected chi connectivity index (χ1v) is 7.84. The first kappa shape index (κ1) is 17.3. The molecule has 0 spiro atoms. The summed E-state index contributed by atoms with van der Waals surface area (Å²) in [6.45, 7) is 5.77. The highest BCUT2D eigenvalue weighted by Crippen LogP contribution is 2.23. The van der Waals surface area contributed by atoms with E-state index in [9.17, 15) is 9.59 Å². The summed E-state index contributed by atoms with van der Waals surface area (Å²) < 4.78 is 10.5. The van der Waals surface area contributed by atoms with E-state index in [4.69, 9.17) is 9.47 Å². The molecule has 1 atom stereocenters. The first-order valence-electron chi connectivity index (χ1n) is 7.84. The van der Waals surface area contributed by atoms with E-state index in [1.54, 1.807) is 0 Å². The second-order valence-corrected chi connectivity index (χ2v) is 5.83. The number of para-hydroxylation sites is 1. The number of nitrogens with zero attached hydrogens (tertiary/aromatic N) is 1. The van der Waals surface area contributed by atoms with Crippen molar-refractivity contribution in [3.63, 3.8) is 0 Å². The fourth-order valence-electron chi connectivity index (χ4n) is 2.64. The minimum absolute atomic E-state index is 0.0511. The number of ether oxygens (including phenoxy) is 2. The van der Waals surface area contributed by atoms with Crippen LogP contribution in [0.15, 0.2) is 24.3 Å². The number of nitrogens with one attached hydrogen (secondary N) is 1. The first-order chi connectivity index (χ1) is 11.0. The molecule has 6 nitrogen and oxygen atoms in total. The Bertz CT molecular complexity index is 559. The van der Waals surface area contributed by atoms with Gasteiger partial charge in [-0.2, -0.15) is 0 Å². The van der Waals surface area contributed by atoms with Gasteiger partial charge in [-0.1, -0.05) is 18.2 Å². The van der Waals surface area contributed by atoms with Gasteiger partial charge in [0.2, 0.25) is 5.91 Å². The summed E-state index contributed by atoms with van der Waals surface area (Å²) in [7, 11) is 1.33. The fourth-order valence-corrected chi connectivity index (χ4v) is 2.64. The van der Waals surface area contributed by atoms with E-state index < -0.39 is 6.04 Å². The number of piperazine rings is 1. The van der Waals surface area contributed by atoms with Gasteiger partial charge >= 0.3 is 5.97 Å². The summed E-state index contributed by atoms with van der Waals surface area (Å²) in [5.41, 5.74) is 1.01. The van der Waals surface area contributed by atoms with Gasteiger partial charge < -0.3 is 14.8 Å². The second-order valence-electron chi connectivity index (χ2n) is 5.83. The van der Waals surface area contributed by atoms with Gasteiger partial charge in [0.25, 0.3) is 0 Å². The highest BCUT2D eigenvalue weighted by molar-refractivity contribution is 5.87. The zero-order chi connectivity index (χ0) is 16.8. The van der Waals surface area contributed by atoms with Crippen molar-refractivity contribution >= 4 is 11.9 Å².